The number of unbranched alkanes of at least 4 members (excludes halogenated alkanes) is 1. The van der Waals surface area contributed by atoms with E-state index in [1.807, 2.05) is 19.1 Å². The van der Waals surface area contributed by atoms with Crippen LogP contribution >= 0.6 is 24.0 Å². The van der Waals surface area contributed by atoms with Crippen molar-refractivity contribution in [3.05, 3.63) is 23.8 Å². The largest absolute Gasteiger partial charge is 0.493 e. The van der Waals surface area contributed by atoms with E-state index in [1.54, 1.807) is 14.2 Å². The summed E-state index contributed by atoms with van der Waals surface area (Å²) in [4.78, 5) is 15.3. The van der Waals surface area contributed by atoms with Crippen LogP contribution in [0.25, 0.3) is 0 Å². The molecule has 0 unspecified atom stereocenters. The zero-order valence-corrected chi connectivity index (χ0v) is 19.7. The van der Waals surface area contributed by atoms with Crippen LogP contribution in [0, 0.1) is 0 Å². The van der Waals surface area contributed by atoms with Gasteiger partial charge in [0.25, 0.3) is 0 Å². The lowest BCUT2D eigenvalue weighted by Gasteiger charge is -2.13. The molecule has 0 aliphatic rings. The predicted octanol–water partition coefficient (Wildman–Crippen LogP) is 3.15. The fourth-order valence-electron chi connectivity index (χ4n) is 2.57. The maximum Gasteiger partial charge on any atom is 0.305 e. The highest BCUT2D eigenvalue weighted by atomic mass is 127. The summed E-state index contributed by atoms with van der Waals surface area (Å²) >= 11 is 0. The lowest BCUT2D eigenvalue weighted by Crippen LogP contribution is -2.38. The number of guanidine groups is 1. The normalized spacial score (nSPS) is 10.6. The van der Waals surface area contributed by atoms with Crippen LogP contribution in [0.5, 0.6) is 11.5 Å². The van der Waals surface area contributed by atoms with E-state index in [9.17, 15) is 4.79 Å². The van der Waals surface area contributed by atoms with Crippen molar-refractivity contribution >= 4 is 35.9 Å². The Morgan fingerprint density at radius 3 is 2.39 bits per heavy atom. The zero-order chi connectivity index (χ0) is 19.9. The summed E-state index contributed by atoms with van der Waals surface area (Å²) in [7, 11) is 4.81. The van der Waals surface area contributed by atoms with Gasteiger partial charge in [0.1, 0.15) is 0 Å². The number of hydrogen-bond donors (Lipinski definition) is 2. The molecule has 28 heavy (non-hydrogen) atoms. The van der Waals surface area contributed by atoms with Crippen LogP contribution in [0.15, 0.2) is 23.2 Å². The van der Waals surface area contributed by atoms with E-state index in [1.165, 1.54) is 12.7 Å². The van der Waals surface area contributed by atoms with E-state index in [0.717, 1.165) is 56.2 Å². The van der Waals surface area contributed by atoms with Crippen LogP contribution < -0.4 is 20.1 Å². The van der Waals surface area contributed by atoms with Crippen LogP contribution in [0.2, 0.25) is 0 Å². The predicted molar refractivity (Wildman–Crippen MR) is 123 cm³/mol. The van der Waals surface area contributed by atoms with E-state index < -0.39 is 0 Å². The number of halogens is 1. The quantitative estimate of drug-likeness (QED) is 0.149. The first kappa shape index (κ1) is 26.3. The van der Waals surface area contributed by atoms with E-state index in [4.69, 9.17) is 9.47 Å². The summed E-state index contributed by atoms with van der Waals surface area (Å²) in [5, 5.41) is 6.56. The molecule has 0 radical (unpaired) electrons. The Morgan fingerprint density at radius 1 is 1.07 bits per heavy atom. The smallest absolute Gasteiger partial charge is 0.305 e. The Bertz CT molecular complexity index is 597. The molecule has 0 bridgehead atoms. The Balaban J connectivity index is 0.00000729. The van der Waals surface area contributed by atoms with Gasteiger partial charge in [0, 0.05) is 26.6 Å². The number of hydrogen-bond acceptors (Lipinski definition) is 5. The molecule has 0 aliphatic heterocycles. The van der Waals surface area contributed by atoms with Gasteiger partial charge in [-0.25, -0.2) is 0 Å². The number of carbonyl (C=O) groups excluding carboxylic acids is 1. The average Bonchev–Trinajstić information content (AvgIpc) is 2.69. The van der Waals surface area contributed by atoms with Crippen molar-refractivity contribution in [2.75, 3.05) is 41.0 Å². The molecule has 0 saturated heterocycles. The van der Waals surface area contributed by atoms with Gasteiger partial charge in [-0.3, -0.25) is 9.79 Å². The molecule has 0 saturated carbocycles. The number of nitrogens with one attached hydrogen (secondary N) is 2. The molecule has 1 aromatic rings. The number of aryl methyl sites for hydroxylation is 1. The number of benzene rings is 1. The molecule has 1 rings (SSSR count). The highest BCUT2D eigenvalue weighted by Crippen LogP contribution is 2.28. The van der Waals surface area contributed by atoms with Gasteiger partial charge in [0.2, 0.25) is 0 Å². The molecule has 0 heterocycles. The summed E-state index contributed by atoms with van der Waals surface area (Å²) in [5.41, 5.74) is 1.21. The maximum atomic E-state index is 11.1. The molecule has 0 aromatic heterocycles. The molecular weight excluding hydrogens is 473 g/mol. The van der Waals surface area contributed by atoms with E-state index in [2.05, 4.69) is 26.4 Å². The first-order valence-corrected chi connectivity index (χ1v) is 9.45. The topological polar surface area (TPSA) is 81.2 Å². The first-order valence-electron chi connectivity index (χ1n) is 9.45. The second-order valence-electron chi connectivity index (χ2n) is 5.98. The minimum atomic E-state index is -0.163. The van der Waals surface area contributed by atoms with E-state index >= 15 is 0 Å². The van der Waals surface area contributed by atoms with Gasteiger partial charge in [-0.1, -0.05) is 6.07 Å². The fraction of sp³-hybridized carbons (Fsp3) is 0.600. The van der Waals surface area contributed by atoms with Gasteiger partial charge < -0.3 is 24.8 Å². The minimum Gasteiger partial charge on any atom is -0.493 e. The van der Waals surface area contributed by atoms with Crippen molar-refractivity contribution in [1.29, 1.82) is 0 Å². The Kier molecular flexibility index (Phi) is 15.3. The summed E-state index contributed by atoms with van der Waals surface area (Å²) in [6, 6.07) is 6.05. The molecule has 0 aliphatic carbocycles. The lowest BCUT2D eigenvalue weighted by molar-refractivity contribution is -0.140. The molecule has 0 fully saturated rings. The van der Waals surface area contributed by atoms with Crippen molar-refractivity contribution in [3.63, 3.8) is 0 Å². The van der Waals surface area contributed by atoms with Gasteiger partial charge >= 0.3 is 5.97 Å². The molecule has 0 amide bonds. The van der Waals surface area contributed by atoms with Crippen molar-refractivity contribution in [2.45, 2.75) is 39.0 Å². The molecule has 7 nitrogen and oxygen atoms in total. The van der Waals surface area contributed by atoms with Crippen LogP contribution in [-0.2, 0) is 16.0 Å². The van der Waals surface area contributed by atoms with Crippen molar-refractivity contribution in [3.8, 4) is 11.5 Å². The number of carbonyl (C=O) groups is 1. The van der Waals surface area contributed by atoms with Crippen molar-refractivity contribution in [2.24, 2.45) is 4.99 Å². The third-order valence-electron chi connectivity index (χ3n) is 4.01. The van der Waals surface area contributed by atoms with Gasteiger partial charge in [0.15, 0.2) is 17.5 Å². The molecule has 1 aromatic carbocycles. The minimum absolute atomic E-state index is 0. The summed E-state index contributed by atoms with van der Waals surface area (Å²) in [6.45, 7) is 4.16. The van der Waals surface area contributed by atoms with Gasteiger partial charge in [-0.15, -0.1) is 24.0 Å². The van der Waals surface area contributed by atoms with E-state index in [-0.39, 0.29) is 29.9 Å². The van der Waals surface area contributed by atoms with Crippen molar-refractivity contribution < 1.29 is 19.0 Å². The number of aliphatic imine (C=N–C) groups is 1. The third kappa shape index (κ3) is 10.6. The van der Waals surface area contributed by atoms with E-state index in [0.29, 0.717) is 13.0 Å². The van der Waals surface area contributed by atoms with Gasteiger partial charge in [-0.05, 0) is 50.3 Å². The molecule has 0 atom stereocenters. The molecule has 2 N–H and O–H groups in total. The fourth-order valence-corrected chi connectivity index (χ4v) is 2.57. The highest BCUT2D eigenvalue weighted by molar-refractivity contribution is 14.0. The third-order valence-corrected chi connectivity index (χ3v) is 4.01. The second-order valence-corrected chi connectivity index (χ2v) is 5.98. The number of esters is 1. The summed E-state index contributed by atoms with van der Waals surface area (Å²) in [5.74, 6) is 2.16. The average molecular weight is 507 g/mol. The lowest BCUT2D eigenvalue weighted by atomic mass is 10.1. The summed E-state index contributed by atoms with van der Waals surface area (Å²) < 4.78 is 15.6. The maximum absolute atomic E-state index is 11.1. The Hall–Kier alpha value is -1.71. The van der Waals surface area contributed by atoms with Gasteiger partial charge in [0.05, 0.1) is 20.8 Å². The zero-order valence-electron chi connectivity index (χ0n) is 17.4. The molecular formula is C20H34IN3O4. The number of ether oxygens (including phenoxy) is 3. The SMILES string of the molecule is CCOc1cc(CCCNC(=NC)NCCCCC(=O)OC)ccc1OC.I. The Morgan fingerprint density at radius 2 is 1.79 bits per heavy atom. The number of nitrogens with zero attached hydrogens (tertiary/aromatic N) is 1. The molecule has 160 valence electrons. The van der Waals surface area contributed by atoms with Crippen LogP contribution in [0.3, 0.4) is 0 Å². The highest BCUT2D eigenvalue weighted by Gasteiger charge is 2.05. The number of methoxy groups -OCH3 is 2. The Labute approximate surface area is 185 Å². The monoisotopic (exact) mass is 507 g/mol. The summed E-state index contributed by atoms with van der Waals surface area (Å²) in [6.07, 6.45) is 4.06. The standard InChI is InChI=1S/C20H33N3O4.HI/c1-5-27-18-15-16(11-12-17(18)25-3)9-8-14-23-20(21-2)22-13-7-6-10-19(24)26-4;/h11-12,15H,5-10,13-14H2,1-4H3,(H2,21,22,23);1H. The molecule has 0 spiro atoms. The number of rotatable bonds is 12. The van der Waals surface area contributed by atoms with Crippen molar-refractivity contribution in [1.82, 2.24) is 10.6 Å². The molecule has 8 heteroatoms. The van der Waals surface area contributed by atoms with Crippen LogP contribution in [0.1, 0.15) is 38.2 Å². The first-order chi connectivity index (χ1) is 13.1. The van der Waals surface area contributed by atoms with Crippen LogP contribution in [-0.4, -0.2) is 52.9 Å². The van der Waals surface area contributed by atoms with Crippen LogP contribution in [0.4, 0.5) is 0 Å². The second kappa shape index (κ2) is 16.3. The van der Waals surface area contributed by atoms with Gasteiger partial charge in [-0.2, -0.15) is 0 Å².